The minimum atomic E-state index is -0.608. The van der Waals surface area contributed by atoms with E-state index >= 15 is 0 Å². The van der Waals surface area contributed by atoms with Crippen LogP contribution < -0.4 is 5.32 Å². The molecule has 1 N–H and O–H groups in total. The summed E-state index contributed by atoms with van der Waals surface area (Å²) in [6.07, 6.45) is 0. The molecule has 1 aliphatic heterocycles. The first-order valence-electron chi connectivity index (χ1n) is 5.32. The van der Waals surface area contributed by atoms with Crippen LogP contribution >= 0.6 is 0 Å². The second-order valence-electron chi connectivity index (χ2n) is 4.13. The van der Waals surface area contributed by atoms with Crippen LogP contribution in [-0.2, 0) is 14.3 Å². The number of carbonyl (C=O) groups excluding carboxylic acids is 1. The van der Waals surface area contributed by atoms with Gasteiger partial charge in [-0.25, -0.2) is 4.39 Å². The van der Waals surface area contributed by atoms with Crippen molar-refractivity contribution in [1.82, 2.24) is 0 Å². The molecule has 1 aromatic carbocycles. The number of hydrogen-bond donors (Lipinski definition) is 1. The summed E-state index contributed by atoms with van der Waals surface area (Å²) in [5, 5.41) is 3.08. The SMILES string of the molecule is COC(=O)C1(CNc2ccc(F)cc2)COC1. The molecule has 92 valence electrons. The zero-order valence-electron chi connectivity index (χ0n) is 9.53. The van der Waals surface area contributed by atoms with Gasteiger partial charge in [0.15, 0.2) is 0 Å². The number of ether oxygens (including phenoxy) is 2. The lowest BCUT2D eigenvalue weighted by Gasteiger charge is -2.38. The molecule has 0 aliphatic carbocycles. The van der Waals surface area contributed by atoms with E-state index in [2.05, 4.69) is 5.32 Å². The van der Waals surface area contributed by atoms with Crippen molar-refractivity contribution >= 4 is 11.7 Å². The Bertz CT molecular complexity index is 401. The molecule has 0 aromatic heterocycles. The van der Waals surface area contributed by atoms with Gasteiger partial charge in [-0.2, -0.15) is 0 Å². The zero-order valence-corrected chi connectivity index (χ0v) is 9.53. The molecule has 1 saturated heterocycles. The van der Waals surface area contributed by atoms with Gasteiger partial charge in [-0.15, -0.1) is 0 Å². The summed E-state index contributed by atoms with van der Waals surface area (Å²) in [4.78, 5) is 11.6. The van der Waals surface area contributed by atoms with Crippen molar-refractivity contribution in [3.63, 3.8) is 0 Å². The Morgan fingerprint density at radius 2 is 2.12 bits per heavy atom. The van der Waals surface area contributed by atoms with Crippen LogP contribution in [-0.4, -0.2) is 32.8 Å². The first kappa shape index (κ1) is 11.9. The average Bonchev–Trinajstić information content (AvgIpc) is 2.29. The molecule has 0 radical (unpaired) electrons. The third-order valence-corrected chi connectivity index (χ3v) is 2.85. The number of nitrogens with one attached hydrogen (secondary N) is 1. The minimum Gasteiger partial charge on any atom is -0.468 e. The van der Waals surface area contributed by atoms with E-state index in [0.717, 1.165) is 5.69 Å². The lowest BCUT2D eigenvalue weighted by Crippen LogP contribution is -2.54. The number of rotatable bonds is 4. The summed E-state index contributed by atoms with van der Waals surface area (Å²) in [5.74, 6) is -0.566. The Labute approximate surface area is 98.7 Å². The summed E-state index contributed by atoms with van der Waals surface area (Å²) < 4.78 is 22.5. The van der Waals surface area contributed by atoms with Gasteiger partial charge in [-0.05, 0) is 24.3 Å². The number of benzene rings is 1. The average molecular weight is 239 g/mol. The van der Waals surface area contributed by atoms with Gasteiger partial charge < -0.3 is 14.8 Å². The molecule has 0 amide bonds. The van der Waals surface area contributed by atoms with Gasteiger partial charge in [0.25, 0.3) is 0 Å². The van der Waals surface area contributed by atoms with E-state index in [4.69, 9.17) is 9.47 Å². The highest BCUT2D eigenvalue weighted by Crippen LogP contribution is 2.29. The Morgan fingerprint density at radius 3 is 2.59 bits per heavy atom. The summed E-state index contributed by atoms with van der Waals surface area (Å²) in [7, 11) is 1.36. The molecule has 1 heterocycles. The second-order valence-corrected chi connectivity index (χ2v) is 4.13. The fourth-order valence-electron chi connectivity index (χ4n) is 1.70. The third kappa shape index (κ3) is 2.39. The van der Waals surface area contributed by atoms with Crippen LogP contribution in [0.3, 0.4) is 0 Å². The van der Waals surface area contributed by atoms with E-state index in [1.807, 2.05) is 0 Å². The van der Waals surface area contributed by atoms with Crippen LogP contribution in [0.1, 0.15) is 0 Å². The fraction of sp³-hybridized carbons (Fsp3) is 0.417. The van der Waals surface area contributed by atoms with Crippen molar-refractivity contribution < 1.29 is 18.7 Å². The molecular weight excluding hydrogens is 225 g/mol. The molecule has 4 nitrogen and oxygen atoms in total. The van der Waals surface area contributed by atoms with Crippen LogP contribution in [0.25, 0.3) is 0 Å². The maximum Gasteiger partial charge on any atom is 0.318 e. The van der Waals surface area contributed by atoms with Crippen molar-refractivity contribution in [1.29, 1.82) is 0 Å². The fourth-order valence-corrected chi connectivity index (χ4v) is 1.70. The molecular formula is C12H14FNO3. The largest absolute Gasteiger partial charge is 0.468 e. The van der Waals surface area contributed by atoms with Gasteiger partial charge in [0.1, 0.15) is 11.2 Å². The van der Waals surface area contributed by atoms with Crippen LogP contribution in [0.15, 0.2) is 24.3 Å². The van der Waals surface area contributed by atoms with Crippen LogP contribution in [0.5, 0.6) is 0 Å². The molecule has 1 fully saturated rings. The number of halogens is 1. The van der Waals surface area contributed by atoms with Gasteiger partial charge in [0.2, 0.25) is 0 Å². The topological polar surface area (TPSA) is 47.6 Å². The number of carbonyl (C=O) groups is 1. The Morgan fingerprint density at radius 1 is 1.47 bits per heavy atom. The van der Waals surface area contributed by atoms with Crippen molar-refractivity contribution in [3.05, 3.63) is 30.1 Å². The number of hydrogen-bond acceptors (Lipinski definition) is 4. The minimum absolute atomic E-state index is 0.279. The van der Waals surface area contributed by atoms with E-state index in [1.54, 1.807) is 12.1 Å². The van der Waals surface area contributed by atoms with Crippen molar-refractivity contribution in [2.24, 2.45) is 5.41 Å². The standard InChI is InChI=1S/C12H14FNO3/c1-16-11(15)12(7-17-8-12)6-14-10-4-2-9(13)3-5-10/h2-5,14H,6-8H2,1H3. The highest BCUT2D eigenvalue weighted by Gasteiger charge is 2.47. The maximum atomic E-state index is 12.7. The number of anilines is 1. The number of methoxy groups -OCH3 is 1. The molecule has 1 aromatic rings. The summed E-state index contributed by atoms with van der Waals surface area (Å²) in [6.45, 7) is 1.13. The van der Waals surface area contributed by atoms with E-state index < -0.39 is 5.41 Å². The van der Waals surface area contributed by atoms with Gasteiger partial charge >= 0.3 is 5.97 Å². The maximum absolute atomic E-state index is 12.7. The Kier molecular flexibility index (Phi) is 3.28. The van der Waals surface area contributed by atoms with Gasteiger partial charge in [0.05, 0.1) is 20.3 Å². The summed E-state index contributed by atoms with van der Waals surface area (Å²) in [6, 6.07) is 5.98. The lowest BCUT2D eigenvalue weighted by atomic mass is 9.86. The second kappa shape index (κ2) is 4.71. The first-order valence-corrected chi connectivity index (χ1v) is 5.32. The molecule has 17 heavy (non-hydrogen) atoms. The van der Waals surface area contributed by atoms with Crippen molar-refractivity contribution in [2.75, 3.05) is 32.2 Å². The van der Waals surface area contributed by atoms with E-state index in [0.29, 0.717) is 19.8 Å². The van der Waals surface area contributed by atoms with E-state index in [9.17, 15) is 9.18 Å². The molecule has 0 atom stereocenters. The van der Waals surface area contributed by atoms with E-state index in [-0.39, 0.29) is 11.8 Å². The highest BCUT2D eigenvalue weighted by molar-refractivity contribution is 5.78. The molecule has 5 heteroatoms. The van der Waals surface area contributed by atoms with Crippen LogP contribution in [0, 0.1) is 11.2 Å². The van der Waals surface area contributed by atoms with Crippen LogP contribution in [0.2, 0.25) is 0 Å². The lowest BCUT2D eigenvalue weighted by molar-refractivity contribution is -0.180. The predicted octanol–water partition coefficient (Wildman–Crippen LogP) is 1.43. The molecule has 2 rings (SSSR count). The Hall–Kier alpha value is -1.62. The van der Waals surface area contributed by atoms with Crippen molar-refractivity contribution in [2.45, 2.75) is 0 Å². The third-order valence-electron chi connectivity index (χ3n) is 2.85. The molecule has 0 bridgehead atoms. The number of esters is 1. The van der Waals surface area contributed by atoms with Crippen LogP contribution in [0.4, 0.5) is 10.1 Å². The predicted molar refractivity (Wildman–Crippen MR) is 60.2 cm³/mol. The summed E-state index contributed by atoms with van der Waals surface area (Å²) >= 11 is 0. The molecule has 0 spiro atoms. The molecule has 1 aliphatic rings. The van der Waals surface area contributed by atoms with Gasteiger partial charge in [-0.3, -0.25) is 4.79 Å². The Balaban J connectivity index is 1.96. The van der Waals surface area contributed by atoms with E-state index in [1.165, 1.54) is 19.2 Å². The zero-order chi connectivity index (χ0) is 12.3. The molecule has 0 unspecified atom stereocenters. The van der Waals surface area contributed by atoms with Gasteiger partial charge in [-0.1, -0.05) is 0 Å². The highest BCUT2D eigenvalue weighted by atomic mass is 19.1. The smallest absolute Gasteiger partial charge is 0.318 e. The normalized spacial score (nSPS) is 17.1. The van der Waals surface area contributed by atoms with Crippen molar-refractivity contribution in [3.8, 4) is 0 Å². The quantitative estimate of drug-likeness (QED) is 0.807. The molecule has 0 saturated carbocycles. The van der Waals surface area contributed by atoms with Gasteiger partial charge in [0, 0.05) is 12.2 Å². The first-order chi connectivity index (χ1) is 8.16. The monoisotopic (exact) mass is 239 g/mol. The summed E-state index contributed by atoms with van der Waals surface area (Å²) in [5.41, 5.74) is 0.157.